The van der Waals surface area contributed by atoms with Gasteiger partial charge in [0.15, 0.2) is 17.3 Å². The molecule has 0 aliphatic heterocycles. The van der Waals surface area contributed by atoms with Gasteiger partial charge in [0.05, 0.1) is 25.3 Å². The third-order valence-corrected chi connectivity index (χ3v) is 3.15. The monoisotopic (exact) mass is 316 g/mol. The largest absolute Gasteiger partial charge is 0.493 e. The summed E-state index contributed by atoms with van der Waals surface area (Å²) in [6.45, 7) is -0.686. The Morgan fingerprint density at radius 3 is 2.22 bits per heavy atom. The molecule has 0 atom stereocenters. The van der Waals surface area contributed by atoms with Crippen LogP contribution in [0.3, 0.4) is 0 Å². The molecule has 6 nitrogen and oxygen atoms in total. The second-order valence-corrected chi connectivity index (χ2v) is 4.51. The summed E-state index contributed by atoms with van der Waals surface area (Å²) in [5.41, 5.74) is 0.446. The molecule has 120 valence electrons. The van der Waals surface area contributed by atoms with Gasteiger partial charge in [-0.25, -0.2) is 4.79 Å². The van der Waals surface area contributed by atoms with Crippen LogP contribution in [0.2, 0.25) is 0 Å². The molecule has 0 aliphatic rings. The van der Waals surface area contributed by atoms with Crippen molar-refractivity contribution in [2.24, 2.45) is 0 Å². The first-order valence-corrected chi connectivity index (χ1v) is 6.78. The molecule has 6 heteroatoms. The summed E-state index contributed by atoms with van der Waals surface area (Å²) in [6, 6.07) is 11.3. The number of benzene rings is 2. The molecule has 2 aromatic rings. The Labute approximate surface area is 133 Å². The highest BCUT2D eigenvalue weighted by Crippen LogP contribution is 2.40. The number of methoxy groups -OCH3 is 2. The number of Topliss-reactive ketones (excluding diaryl/α,β-unsaturated/α-hetero) is 1. The number of ketones is 1. The van der Waals surface area contributed by atoms with Gasteiger partial charge in [-0.3, -0.25) is 4.79 Å². The van der Waals surface area contributed by atoms with Crippen LogP contribution >= 0.6 is 0 Å². The van der Waals surface area contributed by atoms with Crippen LogP contribution in [0.1, 0.15) is 20.7 Å². The Kier molecular flexibility index (Phi) is 5.32. The van der Waals surface area contributed by atoms with Gasteiger partial charge in [-0.2, -0.15) is 0 Å². The predicted molar refractivity (Wildman–Crippen MR) is 82.4 cm³/mol. The first kappa shape index (κ1) is 16.5. The maximum atomic E-state index is 12.2. The van der Waals surface area contributed by atoms with Crippen molar-refractivity contribution in [3.05, 3.63) is 53.6 Å². The summed E-state index contributed by atoms with van der Waals surface area (Å²) >= 11 is 0. The van der Waals surface area contributed by atoms with Crippen LogP contribution in [-0.2, 0) is 0 Å². The third kappa shape index (κ3) is 3.49. The minimum absolute atomic E-state index is 0.0110. The van der Waals surface area contributed by atoms with Gasteiger partial charge in [0.25, 0.3) is 0 Å². The zero-order chi connectivity index (χ0) is 16.8. The summed E-state index contributed by atoms with van der Waals surface area (Å²) in [6.07, 6.45) is 0. The quantitative estimate of drug-likeness (QED) is 0.499. The van der Waals surface area contributed by atoms with Crippen molar-refractivity contribution in [3.63, 3.8) is 0 Å². The number of hydrogen-bond acceptors (Lipinski definition) is 6. The van der Waals surface area contributed by atoms with E-state index in [9.17, 15) is 9.59 Å². The Morgan fingerprint density at radius 1 is 0.957 bits per heavy atom. The van der Waals surface area contributed by atoms with Crippen LogP contribution in [0.4, 0.5) is 0 Å². The van der Waals surface area contributed by atoms with E-state index in [-0.39, 0.29) is 22.8 Å². The maximum Gasteiger partial charge on any atom is 0.343 e. The number of ether oxygens (including phenoxy) is 3. The second kappa shape index (κ2) is 7.42. The molecule has 0 radical (unpaired) electrons. The number of aliphatic hydroxyl groups excluding tert-OH is 1. The lowest BCUT2D eigenvalue weighted by molar-refractivity contribution is 0.0722. The highest BCUT2D eigenvalue weighted by Gasteiger charge is 2.23. The van der Waals surface area contributed by atoms with E-state index < -0.39 is 18.4 Å². The van der Waals surface area contributed by atoms with E-state index in [1.54, 1.807) is 30.3 Å². The lowest BCUT2D eigenvalue weighted by atomic mass is 10.1. The SMILES string of the molecule is COc1ccc(C(=O)CO)c(OC)c1OC(=O)c1ccccc1. The molecule has 0 bridgehead atoms. The van der Waals surface area contributed by atoms with Crippen molar-refractivity contribution in [1.29, 1.82) is 0 Å². The summed E-state index contributed by atoms with van der Waals surface area (Å²) in [5, 5.41) is 9.04. The van der Waals surface area contributed by atoms with Crippen molar-refractivity contribution in [2.45, 2.75) is 0 Å². The predicted octanol–water partition coefficient (Wildman–Crippen LogP) is 2.10. The lowest BCUT2D eigenvalue weighted by Gasteiger charge is -2.15. The van der Waals surface area contributed by atoms with Gasteiger partial charge in [-0.1, -0.05) is 18.2 Å². The molecular weight excluding hydrogens is 300 g/mol. The van der Waals surface area contributed by atoms with E-state index in [1.165, 1.54) is 26.4 Å². The van der Waals surface area contributed by atoms with Crippen molar-refractivity contribution in [2.75, 3.05) is 20.8 Å². The van der Waals surface area contributed by atoms with Gasteiger partial charge in [0.2, 0.25) is 5.75 Å². The fourth-order valence-corrected chi connectivity index (χ4v) is 2.04. The van der Waals surface area contributed by atoms with Gasteiger partial charge in [0.1, 0.15) is 6.61 Å². The lowest BCUT2D eigenvalue weighted by Crippen LogP contribution is -2.13. The molecular formula is C17H16O6. The summed E-state index contributed by atoms with van der Waals surface area (Å²) < 4.78 is 15.7. The molecule has 0 heterocycles. The van der Waals surface area contributed by atoms with Crippen LogP contribution in [0.15, 0.2) is 42.5 Å². The van der Waals surface area contributed by atoms with Crippen molar-refractivity contribution in [3.8, 4) is 17.2 Å². The molecule has 0 fully saturated rings. The number of hydrogen-bond donors (Lipinski definition) is 1. The molecule has 0 spiro atoms. The number of esters is 1. The van der Waals surface area contributed by atoms with Gasteiger partial charge in [-0.05, 0) is 24.3 Å². The minimum atomic E-state index is -0.686. The number of aliphatic hydroxyl groups is 1. The van der Waals surface area contributed by atoms with E-state index in [2.05, 4.69) is 0 Å². The van der Waals surface area contributed by atoms with E-state index in [1.807, 2.05) is 0 Å². The highest BCUT2D eigenvalue weighted by molar-refractivity contribution is 6.01. The third-order valence-electron chi connectivity index (χ3n) is 3.15. The van der Waals surface area contributed by atoms with Crippen molar-refractivity contribution >= 4 is 11.8 Å². The van der Waals surface area contributed by atoms with E-state index in [0.717, 1.165) is 0 Å². The second-order valence-electron chi connectivity index (χ2n) is 4.51. The molecule has 0 amide bonds. The maximum absolute atomic E-state index is 12.2. The van der Waals surface area contributed by atoms with Crippen LogP contribution in [0.5, 0.6) is 17.2 Å². The smallest absolute Gasteiger partial charge is 0.343 e. The van der Waals surface area contributed by atoms with E-state index in [0.29, 0.717) is 5.56 Å². The molecule has 1 N–H and O–H groups in total. The molecule has 0 aromatic heterocycles. The zero-order valence-electron chi connectivity index (χ0n) is 12.7. The Hall–Kier alpha value is -2.86. The Balaban J connectivity index is 2.47. The van der Waals surface area contributed by atoms with Crippen LogP contribution in [-0.4, -0.2) is 37.7 Å². The number of carbonyl (C=O) groups excluding carboxylic acids is 2. The molecule has 0 saturated carbocycles. The van der Waals surface area contributed by atoms with Crippen LogP contribution < -0.4 is 14.2 Å². The minimum Gasteiger partial charge on any atom is -0.493 e. The normalized spacial score (nSPS) is 10.0. The Morgan fingerprint density at radius 2 is 1.65 bits per heavy atom. The molecule has 0 saturated heterocycles. The highest BCUT2D eigenvalue weighted by atomic mass is 16.6. The standard InChI is InChI=1S/C17H16O6/c1-21-14-9-8-12(13(19)10-18)15(22-2)16(14)23-17(20)11-6-4-3-5-7-11/h3-9,18H,10H2,1-2H3. The first-order valence-electron chi connectivity index (χ1n) is 6.78. The average Bonchev–Trinajstić information content (AvgIpc) is 2.61. The van der Waals surface area contributed by atoms with Crippen molar-refractivity contribution < 1.29 is 28.9 Å². The topological polar surface area (TPSA) is 82.1 Å². The van der Waals surface area contributed by atoms with Crippen LogP contribution in [0, 0.1) is 0 Å². The fourth-order valence-electron chi connectivity index (χ4n) is 2.04. The molecule has 0 unspecified atom stereocenters. The number of carbonyl (C=O) groups is 2. The van der Waals surface area contributed by atoms with Crippen LogP contribution in [0.25, 0.3) is 0 Å². The molecule has 2 aromatic carbocycles. The average molecular weight is 316 g/mol. The van der Waals surface area contributed by atoms with Gasteiger partial charge >= 0.3 is 5.97 Å². The first-order chi connectivity index (χ1) is 11.1. The number of rotatable bonds is 6. The summed E-state index contributed by atoms with van der Waals surface area (Å²) in [7, 11) is 2.74. The van der Waals surface area contributed by atoms with E-state index in [4.69, 9.17) is 19.3 Å². The summed E-state index contributed by atoms with van der Waals surface area (Å²) in [5.74, 6) is -0.909. The van der Waals surface area contributed by atoms with Crippen molar-refractivity contribution in [1.82, 2.24) is 0 Å². The van der Waals surface area contributed by atoms with E-state index >= 15 is 0 Å². The zero-order valence-corrected chi connectivity index (χ0v) is 12.7. The molecule has 0 aliphatic carbocycles. The summed E-state index contributed by atoms with van der Waals surface area (Å²) in [4.78, 5) is 24.0. The van der Waals surface area contributed by atoms with Gasteiger partial charge < -0.3 is 19.3 Å². The Bertz CT molecular complexity index is 709. The van der Waals surface area contributed by atoms with Gasteiger partial charge in [0, 0.05) is 0 Å². The molecule has 2 rings (SSSR count). The van der Waals surface area contributed by atoms with Gasteiger partial charge in [-0.15, -0.1) is 0 Å². The fraction of sp³-hybridized carbons (Fsp3) is 0.176. The molecule has 23 heavy (non-hydrogen) atoms.